The van der Waals surface area contributed by atoms with Crippen LogP contribution < -0.4 is 15.8 Å². The van der Waals surface area contributed by atoms with Gasteiger partial charge < -0.3 is 15.8 Å². The van der Waals surface area contributed by atoms with Crippen LogP contribution >= 0.6 is 11.3 Å². The molecule has 1 aromatic carbocycles. The summed E-state index contributed by atoms with van der Waals surface area (Å²) in [5, 5.41) is 3.86. The lowest BCUT2D eigenvalue weighted by Crippen LogP contribution is -1.98. The van der Waals surface area contributed by atoms with E-state index < -0.39 is 0 Å². The monoisotopic (exact) mass is 273 g/mol. The highest BCUT2D eigenvalue weighted by Crippen LogP contribution is 2.30. The van der Waals surface area contributed by atoms with Gasteiger partial charge in [-0.2, -0.15) is 4.98 Å². The Balaban J connectivity index is 1.93. The summed E-state index contributed by atoms with van der Waals surface area (Å²) < 4.78 is 6.23. The molecule has 0 saturated carbocycles. The molecular weight excluding hydrogens is 262 g/mol. The SMILES string of the molecule is COc1ccc2nc(Nc3ccnc(N)n3)sc2c1. The number of nitrogens with one attached hydrogen (secondary N) is 1. The second-order valence-corrected chi connectivity index (χ2v) is 4.81. The molecule has 0 saturated heterocycles. The van der Waals surface area contributed by atoms with E-state index in [-0.39, 0.29) is 5.95 Å². The minimum absolute atomic E-state index is 0.229. The Hall–Kier alpha value is -2.41. The average Bonchev–Trinajstić information content (AvgIpc) is 2.79. The van der Waals surface area contributed by atoms with Crippen LogP contribution in [0.3, 0.4) is 0 Å². The van der Waals surface area contributed by atoms with Crippen LogP contribution in [0.15, 0.2) is 30.5 Å². The van der Waals surface area contributed by atoms with Crippen LogP contribution in [0.4, 0.5) is 16.9 Å². The highest BCUT2D eigenvalue weighted by atomic mass is 32.1. The quantitative estimate of drug-likeness (QED) is 0.762. The van der Waals surface area contributed by atoms with Crippen LogP contribution in [0.2, 0.25) is 0 Å². The molecule has 3 rings (SSSR count). The minimum atomic E-state index is 0.229. The van der Waals surface area contributed by atoms with E-state index in [9.17, 15) is 0 Å². The first-order valence-corrected chi connectivity index (χ1v) is 6.36. The molecule has 0 fully saturated rings. The molecule has 0 aliphatic carbocycles. The minimum Gasteiger partial charge on any atom is -0.497 e. The molecule has 7 heteroatoms. The van der Waals surface area contributed by atoms with Gasteiger partial charge in [-0.05, 0) is 24.3 Å². The van der Waals surface area contributed by atoms with E-state index in [1.165, 1.54) is 11.3 Å². The third kappa shape index (κ3) is 2.41. The Morgan fingerprint density at radius 1 is 1.26 bits per heavy atom. The Labute approximate surface area is 113 Å². The molecule has 0 spiro atoms. The number of anilines is 3. The number of rotatable bonds is 3. The van der Waals surface area contributed by atoms with Gasteiger partial charge >= 0.3 is 0 Å². The molecule has 3 aromatic rings. The summed E-state index contributed by atoms with van der Waals surface area (Å²) in [5.74, 6) is 1.67. The van der Waals surface area contributed by atoms with E-state index >= 15 is 0 Å². The number of aromatic nitrogens is 3. The summed E-state index contributed by atoms with van der Waals surface area (Å²) >= 11 is 1.52. The molecule has 96 valence electrons. The van der Waals surface area contributed by atoms with Crippen LogP contribution in [0, 0.1) is 0 Å². The predicted octanol–water partition coefficient (Wildman–Crippen LogP) is 2.42. The molecule has 0 unspecified atom stereocenters. The van der Waals surface area contributed by atoms with Gasteiger partial charge in [0.1, 0.15) is 11.6 Å². The van der Waals surface area contributed by atoms with Crippen molar-refractivity contribution in [3.05, 3.63) is 30.5 Å². The van der Waals surface area contributed by atoms with Gasteiger partial charge in [-0.1, -0.05) is 11.3 Å². The number of thiazole rings is 1. The summed E-state index contributed by atoms with van der Waals surface area (Å²) in [6.45, 7) is 0. The van der Waals surface area contributed by atoms with Gasteiger partial charge in [0.25, 0.3) is 0 Å². The van der Waals surface area contributed by atoms with Gasteiger partial charge in [-0.25, -0.2) is 9.97 Å². The fraction of sp³-hybridized carbons (Fsp3) is 0.0833. The molecule has 0 atom stereocenters. The highest BCUT2D eigenvalue weighted by molar-refractivity contribution is 7.22. The van der Waals surface area contributed by atoms with Gasteiger partial charge in [0.15, 0.2) is 5.13 Å². The second-order valence-electron chi connectivity index (χ2n) is 3.78. The third-order valence-electron chi connectivity index (χ3n) is 2.50. The number of methoxy groups -OCH3 is 1. The fourth-order valence-electron chi connectivity index (χ4n) is 1.64. The molecule has 2 aromatic heterocycles. The number of fused-ring (bicyclic) bond motifs is 1. The lowest BCUT2D eigenvalue weighted by atomic mass is 10.3. The lowest BCUT2D eigenvalue weighted by molar-refractivity contribution is 0.415. The molecule has 0 radical (unpaired) electrons. The largest absolute Gasteiger partial charge is 0.497 e. The summed E-state index contributed by atoms with van der Waals surface area (Å²) in [7, 11) is 1.64. The van der Waals surface area contributed by atoms with Crippen LogP contribution in [0.25, 0.3) is 10.2 Å². The first kappa shape index (κ1) is 11.7. The Morgan fingerprint density at radius 2 is 2.16 bits per heavy atom. The van der Waals surface area contributed by atoms with E-state index in [2.05, 4.69) is 20.3 Å². The van der Waals surface area contributed by atoms with Gasteiger partial charge in [-0.3, -0.25) is 0 Å². The van der Waals surface area contributed by atoms with Crippen molar-refractivity contribution in [2.75, 3.05) is 18.2 Å². The van der Waals surface area contributed by atoms with E-state index in [1.54, 1.807) is 19.4 Å². The Kier molecular flexibility index (Phi) is 2.88. The van der Waals surface area contributed by atoms with Crippen LogP contribution in [-0.4, -0.2) is 22.1 Å². The van der Waals surface area contributed by atoms with E-state index in [0.717, 1.165) is 21.1 Å². The number of hydrogen-bond acceptors (Lipinski definition) is 7. The number of nitrogens with zero attached hydrogens (tertiary/aromatic N) is 3. The van der Waals surface area contributed by atoms with Gasteiger partial charge in [0.2, 0.25) is 5.95 Å². The summed E-state index contributed by atoms with van der Waals surface area (Å²) in [4.78, 5) is 12.4. The molecule has 2 heterocycles. The van der Waals surface area contributed by atoms with Gasteiger partial charge in [0.05, 0.1) is 17.3 Å². The molecule has 6 nitrogen and oxygen atoms in total. The van der Waals surface area contributed by atoms with Crippen LogP contribution in [0.5, 0.6) is 5.75 Å². The Bertz CT molecular complexity index is 727. The van der Waals surface area contributed by atoms with Crippen molar-refractivity contribution in [3.63, 3.8) is 0 Å². The molecule has 0 bridgehead atoms. The number of hydrogen-bond donors (Lipinski definition) is 2. The smallest absolute Gasteiger partial charge is 0.221 e. The van der Waals surface area contributed by atoms with Crippen molar-refractivity contribution in [2.24, 2.45) is 0 Å². The van der Waals surface area contributed by atoms with Crippen LogP contribution in [0.1, 0.15) is 0 Å². The maximum atomic E-state index is 5.53. The molecule has 19 heavy (non-hydrogen) atoms. The first-order chi connectivity index (χ1) is 9.24. The van der Waals surface area contributed by atoms with Gasteiger partial charge in [-0.15, -0.1) is 0 Å². The fourth-order valence-corrected chi connectivity index (χ4v) is 2.54. The summed E-state index contributed by atoms with van der Waals surface area (Å²) in [6, 6.07) is 7.49. The van der Waals surface area contributed by atoms with Crippen molar-refractivity contribution in [1.82, 2.24) is 15.0 Å². The van der Waals surface area contributed by atoms with Crippen molar-refractivity contribution >= 4 is 38.5 Å². The third-order valence-corrected chi connectivity index (χ3v) is 3.44. The summed E-state index contributed by atoms with van der Waals surface area (Å²) in [5.41, 5.74) is 6.44. The van der Waals surface area contributed by atoms with Crippen LogP contribution in [-0.2, 0) is 0 Å². The Morgan fingerprint density at radius 3 is 2.95 bits per heavy atom. The zero-order valence-corrected chi connectivity index (χ0v) is 10.9. The van der Waals surface area contributed by atoms with Crippen molar-refractivity contribution in [2.45, 2.75) is 0 Å². The second kappa shape index (κ2) is 4.69. The zero-order valence-electron chi connectivity index (χ0n) is 10.1. The van der Waals surface area contributed by atoms with Gasteiger partial charge in [0, 0.05) is 6.20 Å². The zero-order chi connectivity index (χ0) is 13.2. The average molecular weight is 273 g/mol. The maximum Gasteiger partial charge on any atom is 0.221 e. The highest BCUT2D eigenvalue weighted by Gasteiger charge is 2.06. The van der Waals surface area contributed by atoms with Crippen molar-refractivity contribution in [3.8, 4) is 5.75 Å². The standard InChI is InChI=1S/C12H11N5OS/c1-18-7-2-3-8-9(6-7)19-12(15-8)17-10-4-5-14-11(13)16-10/h2-6H,1H3,(H3,13,14,15,16,17). The van der Waals surface area contributed by atoms with E-state index in [4.69, 9.17) is 10.5 Å². The van der Waals surface area contributed by atoms with Crippen molar-refractivity contribution in [1.29, 1.82) is 0 Å². The number of benzene rings is 1. The molecule has 0 amide bonds. The molecule has 0 aliphatic heterocycles. The molecular formula is C12H11N5OS. The van der Waals surface area contributed by atoms with E-state index in [1.807, 2.05) is 18.2 Å². The lowest BCUT2D eigenvalue weighted by Gasteiger charge is -2.00. The number of nitrogen functional groups attached to an aromatic ring is 1. The number of ether oxygens (including phenoxy) is 1. The topological polar surface area (TPSA) is 86.0 Å². The number of nitrogens with two attached hydrogens (primary N) is 1. The molecule has 3 N–H and O–H groups in total. The van der Waals surface area contributed by atoms with Crippen molar-refractivity contribution < 1.29 is 4.74 Å². The predicted molar refractivity (Wildman–Crippen MR) is 75.9 cm³/mol. The normalized spacial score (nSPS) is 10.6. The first-order valence-electron chi connectivity index (χ1n) is 5.55. The maximum absolute atomic E-state index is 5.53. The molecule has 0 aliphatic rings. The van der Waals surface area contributed by atoms with E-state index in [0.29, 0.717) is 5.82 Å². The summed E-state index contributed by atoms with van der Waals surface area (Å²) in [6.07, 6.45) is 1.60.